The first kappa shape index (κ1) is 18.1. The lowest BCUT2D eigenvalue weighted by Gasteiger charge is -2.23. The first-order valence-electron chi connectivity index (χ1n) is 9.53. The van der Waals surface area contributed by atoms with Crippen LogP contribution in [0.3, 0.4) is 0 Å². The number of fused-ring (bicyclic) bond motifs is 1. The highest BCUT2D eigenvalue weighted by Gasteiger charge is 2.31. The molecule has 1 atom stereocenters. The topological polar surface area (TPSA) is 55.2 Å². The van der Waals surface area contributed by atoms with Crippen molar-refractivity contribution in [3.8, 4) is 5.75 Å². The van der Waals surface area contributed by atoms with E-state index in [4.69, 9.17) is 13.9 Å². The van der Waals surface area contributed by atoms with E-state index in [2.05, 4.69) is 28.0 Å². The third-order valence-corrected chi connectivity index (χ3v) is 5.39. The lowest BCUT2D eigenvalue weighted by atomic mass is 10.1. The number of carbonyl (C=O) groups is 1. The average molecular weight is 370 g/mol. The van der Waals surface area contributed by atoms with E-state index in [9.17, 15) is 4.79 Å². The van der Waals surface area contributed by atoms with E-state index in [-0.39, 0.29) is 12.0 Å². The Balaban J connectivity index is 1.47. The van der Waals surface area contributed by atoms with Gasteiger partial charge >= 0.3 is 5.97 Å². The van der Waals surface area contributed by atoms with Crippen molar-refractivity contribution in [1.29, 1.82) is 0 Å². The second kappa shape index (κ2) is 8.15. The molecule has 0 spiro atoms. The minimum absolute atomic E-state index is 0.123. The SMILES string of the molecule is COC(=O)[C@@H]1CCCN1Cc1ccc2c(c1)CN(Cc1ccoc1)CCO2. The summed E-state index contributed by atoms with van der Waals surface area (Å²) in [6.45, 7) is 4.94. The summed E-state index contributed by atoms with van der Waals surface area (Å²) >= 11 is 0. The number of benzene rings is 1. The molecule has 1 fully saturated rings. The van der Waals surface area contributed by atoms with Crippen molar-refractivity contribution < 1.29 is 18.7 Å². The predicted octanol–water partition coefficient (Wildman–Crippen LogP) is 2.81. The molecule has 0 unspecified atom stereocenters. The molecule has 6 heteroatoms. The Morgan fingerprint density at radius 2 is 2.15 bits per heavy atom. The number of hydrogen-bond donors (Lipinski definition) is 0. The molecular formula is C21H26N2O4. The van der Waals surface area contributed by atoms with Gasteiger partial charge in [-0.15, -0.1) is 0 Å². The first-order chi connectivity index (χ1) is 13.2. The molecule has 1 aromatic heterocycles. The highest BCUT2D eigenvalue weighted by atomic mass is 16.5. The van der Waals surface area contributed by atoms with Crippen LogP contribution in [0.2, 0.25) is 0 Å². The predicted molar refractivity (Wildman–Crippen MR) is 100 cm³/mol. The fourth-order valence-electron chi connectivity index (χ4n) is 4.03. The second-order valence-electron chi connectivity index (χ2n) is 7.28. The van der Waals surface area contributed by atoms with Crippen LogP contribution in [0.15, 0.2) is 41.2 Å². The lowest BCUT2D eigenvalue weighted by molar-refractivity contribution is -0.146. The Hall–Kier alpha value is -2.31. The number of methoxy groups -OCH3 is 1. The lowest BCUT2D eigenvalue weighted by Crippen LogP contribution is -2.36. The maximum absolute atomic E-state index is 12.0. The minimum atomic E-state index is -0.128. The van der Waals surface area contributed by atoms with E-state index < -0.39 is 0 Å². The largest absolute Gasteiger partial charge is 0.492 e. The molecule has 1 aromatic carbocycles. The summed E-state index contributed by atoms with van der Waals surface area (Å²) < 4.78 is 16.1. The molecule has 0 N–H and O–H groups in total. The van der Waals surface area contributed by atoms with Crippen molar-refractivity contribution in [2.75, 3.05) is 26.8 Å². The van der Waals surface area contributed by atoms with Crippen LogP contribution in [0.5, 0.6) is 5.75 Å². The van der Waals surface area contributed by atoms with E-state index in [0.29, 0.717) is 6.61 Å². The highest BCUT2D eigenvalue weighted by molar-refractivity contribution is 5.76. The smallest absolute Gasteiger partial charge is 0.323 e. The summed E-state index contributed by atoms with van der Waals surface area (Å²) in [7, 11) is 1.47. The van der Waals surface area contributed by atoms with Gasteiger partial charge in [-0.25, -0.2) is 0 Å². The van der Waals surface area contributed by atoms with Gasteiger partial charge in [0.05, 0.1) is 19.6 Å². The van der Waals surface area contributed by atoms with Crippen molar-refractivity contribution in [2.45, 2.75) is 38.5 Å². The summed E-state index contributed by atoms with van der Waals surface area (Å²) in [4.78, 5) is 16.6. The van der Waals surface area contributed by atoms with Crippen LogP contribution in [0, 0.1) is 0 Å². The zero-order valence-corrected chi connectivity index (χ0v) is 15.7. The van der Waals surface area contributed by atoms with Crippen LogP contribution in [-0.2, 0) is 29.2 Å². The maximum atomic E-state index is 12.0. The molecule has 1 saturated heterocycles. The molecular weight excluding hydrogens is 344 g/mol. The molecule has 0 saturated carbocycles. The van der Waals surface area contributed by atoms with E-state index in [1.54, 1.807) is 12.5 Å². The first-order valence-corrected chi connectivity index (χ1v) is 9.53. The molecule has 2 aliphatic rings. The van der Waals surface area contributed by atoms with Crippen LogP contribution in [0.1, 0.15) is 29.5 Å². The third kappa shape index (κ3) is 4.17. The van der Waals surface area contributed by atoms with E-state index in [1.165, 1.54) is 23.8 Å². The van der Waals surface area contributed by atoms with Gasteiger partial charge in [0, 0.05) is 37.3 Å². The molecule has 144 valence electrons. The Bertz CT molecular complexity index is 774. The maximum Gasteiger partial charge on any atom is 0.323 e. The number of furan rings is 1. The molecule has 0 aliphatic carbocycles. The van der Waals surface area contributed by atoms with Gasteiger partial charge in [0.15, 0.2) is 0 Å². The number of esters is 1. The summed E-state index contributed by atoms with van der Waals surface area (Å²) in [5.74, 6) is 0.830. The molecule has 3 heterocycles. The van der Waals surface area contributed by atoms with Crippen LogP contribution in [0.4, 0.5) is 0 Å². The summed E-state index contributed by atoms with van der Waals surface area (Å²) in [5, 5.41) is 0. The van der Waals surface area contributed by atoms with E-state index in [0.717, 1.165) is 51.3 Å². The van der Waals surface area contributed by atoms with Crippen LogP contribution >= 0.6 is 0 Å². The fourth-order valence-corrected chi connectivity index (χ4v) is 4.03. The summed E-state index contributed by atoms with van der Waals surface area (Å²) in [6, 6.07) is 8.27. The van der Waals surface area contributed by atoms with Crippen molar-refractivity contribution in [2.24, 2.45) is 0 Å². The van der Waals surface area contributed by atoms with Gasteiger partial charge in [-0.05, 0) is 43.1 Å². The summed E-state index contributed by atoms with van der Waals surface area (Å²) in [5.41, 5.74) is 3.58. The molecule has 0 amide bonds. The minimum Gasteiger partial charge on any atom is -0.492 e. The van der Waals surface area contributed by atoms with Gasteiger partial charge in [0.1, 0.15) is 18.4 Å². The standard InChI is InChI=1S/C21H26N2O4/c1-25-21(24)19-3-2-7-23(19)13-16-4-5-20-18(11-16)14-22(8-10-27-20)12-17-6-9-26-15-17/h4-6,9,11,15,19H,2-3,7-8,10,12-14H2,1H3/t19-/m0/s1. The number of ether oxygens (including phenoxy) is 2. The van der Waals surface area contributed by atoms with Crippen molar-refractivity contribution >= 4 is 5.97 Å². The van der Waals surface area contributed by atoms with Gasteiger partial charge < -0.3 is 13.9 Å². The molecule has 0 bridgehead atoms. The molecule has 6 nitrogen and oxygen atoms in total. The molecule has 2 aliphatic heterocycles. The zero-order chi connectivity index (χ0) is 18.6. The third-order valence-electron chi connectivity index (χ3n) is 5.39. The average Bonchev–Trinajstić information content (AvgIpc) is 3.30. The van der Waals surface area contributed by atoms with Crippen LogP contribution in [-0.4, -0.2) is 48.6 Å². The molecule has 0 radical (unpaired) electrons. The quantitative estimate of drug-likeness (QED) is 0.755. The van der Waals surface area contributed by atoms with Crippen molar-refractivity contribution in [3.63, 3.8) is 0 Å². The number of carbonyl (C=O) groups excluding carboxylic acids is 1. The van der Waals surface area contributed by atoms with Gasteiger partial charge in [-0.2, -0.15) is 0 Å². The van der Waals surface area contributed by atoms with Crippen LogP contribution in [0.25, 0.3) is 0 Å². The zero-order valence-electron chi connectivity index (χ0n) is 15.7. The van der Waals surface area contributed by atoms with Gasteiger partial charge in [-0.3, -0.25) is 14.6 Å². The Morgan fingerprint density at radius 3 is 2.96 bits per heavy atom. The Kier molecular flexibility index (Phi) is 5.45. The second-order valence-corrected chi connectivity index (χ2v) is 7.28. The molecule has 4 rings (SSSR count). The summed E-state index contributed by atoms with van der Waals surface area (Å²) in [6.07, 6.45) is 5.42. The van der Waals surface area contributed by atoms with Crippen molar-refractivity contribution in [1.82, 2.24) is 9.80 Å². The fraction of sp³-hybridized carbons (Fsp3) is 0.476. The monoisotopic (exact) mass is 370 g/mol. The van der Waals surface area contributed by atoms with Crippen molar-refractivity contribution in [3.05, 3.63) is 53.5 Å². The Morgan fingerprint density at radius 1 is 1.22 bits per heavy atom. The van der Waals surface area contributed by atoms with Gasteiger partial charge in [0.2, 0.25) is 0 Å². The van der Waals surface area contributed by atoms with E-state index in [1.807, 2.05) is 6.07 Å². The van der Waals surface area contributed by atoms with E-state index >= 15 is 0 Å². The molecule has 2 aromatic rings. The number of nitrogens with zero attached hydrogens (tertiary/aromatic N) is 2. The van der Waals surface area contributed by atoms with Gasteiger partial charge in [0.25, 0.3) is 0 Å². The van der Waals surface area contributed by atoms with Crippen LogP contribution < -0.4 is 4.74 Å². The molecule has 27 heavy (non-hydrogen) atoms. The van der Waals surface area contributed by atoms with Gasteiger partial charge in [-0.1, -0.05) is 6.07 Å². The number of rotatable bonds is 5. The number of hydrogen-bond acceptors (Lipinski definition) is 6. The highest BCUT2D eigenvalue weighted by Crippen LogP contribution is 2.27. The number of likely N-dealkylation sites (tertiary alicyclic amines) is 1. The Labute approximate surface area is 159 Å². The normalized spacial score (nSPS) is 20.7.